The summed E-state index contributed by atoms with van der Waals surface area (Å²) in [6, 6.07) is 10.1. The number of nitro benzene ring substituents is 1. The van der Waals surface area contributed by atoms with Crippen LogP contribution in [0.15, 0.2) is 59.3 Å². The summed E-state index contributed by atoms with van der Waals surface area (Å²) >= 11 is 3.41. The smallest absolute Gasteiger partial charge is 0.274 e. The highest BCUT2D eigenvalue weighted by molar-refractivity contribution is 14.1. The first-order valence-corrected chi connectivity index (χ1v) is 12.4. The minimum atomic E-state index is -0.627. The maximum Gasteiger partial charge on any atom is 0.274 e. The van der Waals surface area contributed by atoms with E-state index in [-0.39, 0.29) is 28.5 Å². The molecule has 0 aliphatic carbocycles. The molecule has 0 saturated carbocycles. The Kier molecular flexibility index (Phi) is 9.63. The van der Waals surface area contributed by atoms with Gasteiger partial charge < -0.3 is 19.7 Å². The number of aromatic nitrogens is 3. The number of benzene rings is 2. The number of aromatic hydroxyl groups is 1. The van der Waals surface area contributed by atoms with E-state index in [0.717, 1.165) is 27.6 Å². The molecule has 3 rings (SSSR count). The Morgan fingerprint density at radius 2 is 2.11 bits per heavy atom. The first kappa shape index (κ1) is 26.9. The van der Waals surface area contributed by atoms with Crippen molar-refractivity contribution in [3.05, 3.63) is 74.1 Å². The molecule has 0 aliphatic heterocycles. The summed E-state index contributed by atoms with van der Waals surface area (Å²) in [6.07, 6.45) is 2.81. The van der Waals surface area contributed by atoms with Gasteiger partial charge in [0.25, 0.3) is 11.6 Å². The maximum absolute atomic E-state index is 12.3. The molecule has 1 amide bonds. The van der Waals surface area contributed by atoms with Crippen LogP contribution in [0.5, 0.6) is 11.5 Å². The lowest BCUT2D eigenvalue weighted by atomic mass is 10.2. The van der Waals surface area contributed by atoms with Crippen LogP contribution >= 0.6 is 34.4 Å². The molecule has 1 aromatic heterocycles. The van der Waals surface area contributed by atoms with Crippen LogP contribution in [0.2, 0.25) is 0 Å². The molecule has 0 fully saturated rings. The molecule has 2 aromatic carbocycles. The van der Waals surface area contributed by atoms with Crippen molar-refractivity contribution >= 4 is 57.8 Å². The molecule has 3 aromatic rings. The topological polar surface area (TPSA) is 157 Å². The number of carbonyl (C=O) groups is 1. The lowest BCUT2D eigenvalue weighted by Gasteiger charge is -2.09. The van der Waals surface area contributed by atoms with E-state index in [1.165, 1.54) is 18.9 Å². The Balaban J connectivity index is 1.60. The number of carbonyl (C=O) groups excluding carboxylic acids is 1. The lowest BCUT2D eigenvalue weighted by Crippen LogP contribution is -2.20. The van der Waals surface area contributed by atoms with Crippen LogP contribution in [0.4, 0.5) is 11.4 Å². The fourth-order valence-electron chi connectivity index (χ4n) is 2.93. The minimum Gasteiger partial charge on any atom is -0.504 e. The zero-order chi connectivity index (χ0) is 26.1. The monoisotopic (exact) mass is 623 g/mol. The number of ether oxygens (including phenoxy) is 1. The second-order valence-electron chi connectivity index (χ2n) is 7.08. The molecule has 0 aliphatic rings. The first-order valence-electron chi connectivity index (χ1n) is 10.3. The molecule has 3 N–H and O–H groups in total. The summed E-state index contributed by atoms with van der Waals surface area (Å²) in [5, 5.41) is 37.2. The Morgan fingerprint density at radius 1 is 1.36 bits per heavy atom. The second-order valence-corrected chi connectivity index (χ2v) is 9.27. The van der Waals surface area contributed by atoms with Gasteiger partial charge >= 0.3 is 0 Å². The number of hydrazone groups is 1. The summed E-state index contributed by atoms with van der Waals surface area (Å²) in [6.45, 7) is 4.67. The molecule has 0 unspecified atom stereocenters. The average Bonchev–Trinajstić information content (AvgIpc) is 3.24. The highest BCUT2D eigenvalue weighted by Crippen LogP contribution is 2.33. The molecule has 0 atom stereocenters. The number of halogens is 1. The third-order valence-corrected chi connectivity index (χ3v) is 6.33. The lowest BCUT2D eigenvalue weighted by molar-refractivity contribution is -0.385. The predicted octanol–water partition coefficient (Wildman–Crippen LogP) is 3.55. The molecule has 0 bridgehead atoms. The number of anilines is 1. The number of hydrogen-bond donors (Lipinski definition) is 3. The largest absolute Gasteiger partial charge is 0.504 e. The number of allylic oxidation sites excluding steroid dienone is 1. The third kappa shape index (κ3) is 7.17. The van der Waals surface area contributed by atoms with Crippen molar-refractivity contribution in [2.24, 2.45) is 5.10 Å². The van der Waals surface area contributed by atoms with Gasteiger partial charge in [0, 0.05) is 27.4 Å². The third-order valence-electron chi connectivity index (χ3n) is 4.65. The number of hydrogen-bond acceptors (Lipinski definition) is 10. The van der Waals surface area contributed by atoms with Gasteiger partial charge in [-0.05, 0) is 46.9 Å². The van der Waals surface area contributed by atoms with Crippen molar-refractivity contribution in [2.45, 2.75) is 18.2 Å². The number of non-ortho nitro benzene ring substituents is 1. The molecule has 36 heavy (non-hydrogen) atoms. The molecule has 14 heteroatoms. The van der Waals surface area contributed by atoms with Gasteiger partial charge in [-0.2, -0.15) is 5.10 Å². The fourth-order valence-corrected chi connectivity index (χ4v) is 4.05. The van der Waals surface area contributed by atoms with Crippen LogP contribution in [-0.4, -0.2) is 49.8 Å². The average molecular weight is 623 g/mol. The Hall–Kier alpha value is -3.66. The number of amides is 1. The van der Waals surface area contributed by atoms with E-state index in [1.54, 1.807) is 6.08 Å². The number of rotatable bonds is 12. The minimum absolute atomic E-state index is 0.0125. The first-order chi connectivity index (χ1) is 17.3. The van der Waals surface area contributed by atoms with Gasteiger partial charge in [0.1, 0.15) is 0 Å². The van der Waals surface area contributed by atoms with E-state index < -0.39 is 10.8 Å². The Bertz CT molecular complexity index is 1280. The molecular formula is C22H22IN7O5S. The van der Waals surface area contributed by atoms with Crippen molar-refractivity contribution in [3.8, 4) is 11.5 Å². The van der Waals surface area contributed by atoms with Crippen molar-refractivity contribution < 1.29 is 19.6 Å². The van der Waals surface area contributed by atoms with Crippen LogP contribution in [-0.2, 0) is 17.9 Å². The highest BCUT2D eigenvalue weighted by Gasteiger charge is 2.16. The summed E-state index contributed by atoms with van der Waals surface area (Å²) in [4.78, 5) is 22.7. The summed E-state index contributed by atoms with van der Waals surface area (Å²) in [5.74, 6) is -0.188. The zero-order valence-electron chi connectivity index (χ0n) is 19.0. The van der Waals surface area contributed by atoms with Crippen molar-refractivity contribution in [1.29, 1.82) is 0 Å². The van der Waals surface area contributed by atoms with Crippen LogP contribution in [0.1, 0.15) is 11.4 Å². The van der Waals surface area contributed by atoms with Crippen molar-refractivity contribution in [2.75, 3.05) is 18.2 Å². The summed E-state index contributed by atoms with van der Waals surface area (Å²) < 4.78 is 7.92. The SMILES string of the molecule is C=CCn1c(CNc2ccc(I)cc2)nnc1SCC(=O)N/N=C\c1cc([N+](=O)[O-])cc(OC)c1O. The number of nitrogens with one attached hydrogen (secondary N) is 2. The van der Waals surface area contributed by atoms with Gasteiger partial charge in [0.15, 0.2) is 22.5 Å². The normalized spacial score (nSPS) is 10.8. The van der Waals surface area contributed by atoms with Gasteiger partial charge in [-0.15, -0.1) is 16.8 Å². The molecule has 12 nitrogen and oxygen atoms in total. The maximum atomic E-state index is 12.3. The standard InChI is InChI=1S/C22H22IN7O5S/c1-3-8-29-19(12-24-16-6-4-15(23)5-7-16)26-28-22(29)36-13-20(31)27-25-11-14-9-17(30(33)34)10-18(35-2)21(14)32/h3-7,9-11,24,32H,1,8,12-13H2,2H3,(H,27,31)/b25-11-. The van der Waals surface area contributed by atoms with E-state index in [1.807, 2.05) is 28.8 Å². The zero-order valence-corrected chi connectivity index (χ0v) is 22.0. The number of nitro groups is 1. The molecule has 188 valence electrons. The molecule has 1 heterocycles. The predicted molar refractivity (Wildman–Crippen MR) is 144 cm³/mol. The van der Waals surface area contributed by atoms with Crippen LogP contribution in [0.3, 0.4) is 0 Å². The second kappa shape index (κ2) is 12.9. The van der Waals surface area contributed by atoms with Crippen LogP contribution in [0.25, 0.3) is 0 Å². The van der Waals surface area contributed by atoms with Gasteiger partial charge in [-0.1, -0.05) is 17.8 Å². The van der Waals surface area contributed by atoms with E-state index >= 15 is 0 Å². The van der Waals surface area contributed by atoms with E-state index in [9.17, 15) is 20.0 Å². The van der Waals surface area contributed by atoms with E-state index in [0.29, 0.717) is 24.1 Å². The van der Waals surface area contributed by atoms with Gasteiger partial charge in [0.2, 0.25) is 0 Å². The summed E-state index contributed by atoms with van der Waals surface area (Å²) in [5.41, 5.74) is 3.00. The highest BCUT2D eigenvalue weighted by atomic mass is 127. The number of thioether (sulfide) groups is 1. The number of nitrogens with zero attached hydrogens (tertiary/aromatic N) is 5. The summed E-state index contributed by atoms with van der Waals surface area (Å²) in [7, 11) is 1.27. The molecule has 0 saturated heterocycles. The van der Waals surface area contributed by atoms with Crippen LogP contribution in [0, 0.1) is 13.7 Å². The molecule has 0 radical (unpaired) electrons. The van der Waals surface area contributed by atoms with Crippen LogP contribution < -0.4 is 15.5 Å². The number of methoxy groups -OCH3 is 1. The van der Waals surface area contributed by atoms with Gasteiger partial charge in [-0.25, -0.2) is 5.43 Å². The van der Waals surface area contributed by atoms with Crippen molar-refractivity contribution in [1.82, 2.24) is 20.2 Å². The Morgan fingerprint density at radius 3 is 2.78 bits per heavy atom. The quantitative estimate of drug-likeness (QED) is 0.0686. The van der Waals surface area contributed by atoms with E-state index in [4.69, 9.17) is 4.74 Å². The molecule has 0 spiro atoms. The van der Waals surface area contributed by atoms with Gasteiger partial charge in [-0.3, -0.25) is 14.9 Å². The Labute approximate surface area is 224 Å². The van der Waals surface area contributed by atoms with Crippen molar-refractivity contribution in [3.63, 3.8) is 0 Å². The van der Waals surface area contributed by atoms with Gasteiger partial charge in [0.05, 0.1) is 36.6 Å². The number of phenols is 1. The van der Waals surface area contributed by atoms with E-state index in [2.05, 4.69) is 55.2 Å². The fraction of sp³-hybridized carbons (Fsp3) is 0.182. The molecular weight excluding hydrogens is 601 g/mol. The number of phenolic OH excluding ortho intramolecular Hbond substituents is 1.